The van der Waals surface area contributed by atoms with Crippen molar-refractivity contribution in [1.29, 1.82) is 0 Å². The van der Waals surface area contributed by atoms with Gasteiger partial charge in [0.15, 0.2) is 0 Å². The second kappa shape index (κ2) is 8.12. The van der Waals surface area contributed by atoms with E-state index in [0.29, 0.717) is 11.4 Å². The van der Waals surface area contributed by atoms with Crippen LogP contribution >= 0.6 is 0 Å². The van der Waals surface area contributed by atoms with Crippen LogP contribution in [0.25, 0.3) is 0 Å². The molecule has 3 rings (SSSR count). The van der Waals surface area contributed by atoms with E-state index in [2.05, 4.69) is 19.9 Å². The topological polar surface area (TPSA) is 54.5 Å². The van der Waals surface area contributed by atoms with E-state index in [1.54, 1.807) is 30.5 Å². The van der Waals surface area contributed by atoms with Gasteiger partial charge in [0.05, 0.1) is 11.6 Å². The van der Waals surface area contributed by atoms with Gasteiger partial charge in [0.2, 0.25) is 0 Å². The number of anilines is 1. The van der Waals surface area contributed by atoms with Crippen molar-refractivity contribution in [2.45, 2.75) is 32.4 Å². The largest absolute Gasteiger partial charge is 0.435 e. The van der Waals surface area contributed by atoms with E-state index in [9.17, 15) is 13.6 Å². The normalized spacial score (nSPS) is 15.2. The van der Waals surface area contributed by atoms with Crippen molar-refractivity contribution in [2.75, 3.05) is 18.0 Å². The van der Waals surface area contributed by atoms with E-state index >= 15 is 0 Å². The number of benzene rings is 1. The van der Waals surface area contributed by atoms with Gasteiger partial charge in [-0.3, -0.25) is 4.79 Å². The Hall–Kier alpha value is -2.70. The molecule has 0 saturated carbocycles. The van der Waals surface area contributed by atoms with E-state index in [-0.39, 0.29) is 17.7 Å². The Balaban J connectivity index is 1.69. The summed E-state index contributed by atoms with van der Waals surface area (Å²) in [5.41, 5.74) is 1.34. The third kappa shape index (κ3) is 4.28. The molecule has 0 spiro atoms. The van der Waals surface area contributed by atoms with E-state index in [0.717, 1.165) is 31.5 Å². The van der Waals surface area contributed by atoms with Crippen molar-refractivity contribution in [3.8, 4) is 5.75 Å². The molecule has 1 aliphatic rings. The van der Waals surface area contributed by atoms with Gasteiger partial charge >= 0.3 is 6.61 Å². The summed E-state index contributed by atoms with van der Waals surface area (Å²) in [6.07, 6.45) is 3.89. The molecule has 0 unspecified atom stereocenters. The van der Waals surface area contributed by atoms with E-state index < -0.39 is 6.61 Å². The fourth-order valence-corrected chi connectivity index (χ4v) is 3.05. The second-order valence-electron chi connectivity index (χ2n) is 6.21. The van der Waals surface area contributed by atoms with Crippen LogP contribution in [0.1, 0.15) is 41.7 Å². The van der Waals surface area contributed by atoms with Gasteiger partial charge in [-0.25, -0.2) is 4.98 Å². The first-order valence-corrected chi connectivity index (χ1v) is 8.60. The molecule has 1 fully saturated rings. The van der Waals surface area contributed by atoms with Gasteiger partial charge < -0.3 is 15.0 Å². The number of alkyl halides is 2. The summed E-state index contributed by atoms with van der Waals surface area (Å²) in [4.78, 5) is 19.2. The number of aromatic nitrogens is 1. The number of hydrogen-bond acceptors (Lipinski definition) is 4. The number of nitrogens with zero attached hydrogens (tertiary/aromatic N) is 2. The summed E-state index contributed by atoms with van der Waals surface area (Å²) in [5.74, 6) is 0.585. The minimum absolute atomic E-state index is 0.0888. The number of amides is 1. The Labute approximate surface area is 151 Å². The molecule has 5 nitrogen and oxygen atoms in total. The fourth-order valence-electron chi connectivity index (χ4n) is 3.05. The monoisotopic (exact) mass is 361 g/mol. The minimum atomic E-state index is -2.85. The Morgan fingerprint density at radius 1 is 1.19 bits per heavy atom. The summed E-state index contributed by atoms with van der Waals surface area (Å²) in [5, 5.41) is 2.94. The molecule has 7 heteroatoms. The smallest absolute Gasteiger partial charge is 0.387 e. The van der Waals surface area contributed by atoms with Gasteiger partial charge in [-0.2, -0.15) is 8.78 Å². The van der Waals surface area contributed by atoms with Crippen molar-refractivity contribution in [3.05, 3.63) is 53.7 Å². The number of pyridine rings is 1. The lowest BCUT2D eigenvalue weighted by molar-refractivity contribution is -0.0498. The molecule has 0 aliphatic carbocycles. The molecule has 1 aliphatic heterocycles. The number of halogens is 2. The van der Waals surface area contributed by atoms with Crippen LogP contribution in [0.2, 0.25) is 0 Å². The molecule has 1 atom stereocenters. The number of carbonyl (C=O) groups is 1. The molecular weight excluding hydrogens is 340 g/mol. The molecule has 0 bridgehead atoms. The average molecular weight is 361 g/mol. The van der Waals surface area contributed by atoms with Crippen molar-refractivity contribution in [3.63, 3.8) is 0 Å². The zero-order valence-corrected chi connectivity index (χ0v) is 14.5. The van der Waals surface area contributed by atoms with Gasteiger partial charge in [0.1, 0.15) is 11.6 Å². The Morgan fingerprint density at radius 2 is 1.88 bits per heavy atom. The Morgan fingerprint density at radius 3 is 2.54 bits per heavy atom. The van der Waals surface area contributed by atoms with Crippen LogP contribution in [0.5, 0.6) is 5.75 Å². The number of nitrogens with one attached hydrogen (secondary N) is 1. The summed E-state index contributed by atoms with van der Waals surface area (Å²) in [7, 11) is 0. The lowest BCUT2D eigenvalue weighted by Crippen LogP contribution is -2.30. The van der Waals surface area contributed by atoms with Crippen LogP contribution in [-0.2, 0) is 0 Å². The molecule has 2 heterocycles. The van der Waals surface area contributed by atoms with Crippen LogP contribution in [0, 0.1) is 0 Å². The van der Waals surface area contributed by atoms with Crippen LogP contribution in [0.15, 0.2) is 42.6 Å². The Bertz CT molecular complexity index is 747. The number of hydrogen-bond donors (Lipinski definition) is 1. The molecule has 138 valence electrons. The SMILES string of the molecule is C[C@@H](NC(=O)c1cccnc1N1CCCC1)c1ccc(OC(F)F)cc1. The summed E-state index contributed by atoms with van der Waals surface area (Å²) in [6, 6.07) is 9.47. The lowest BCUT2D eigenvalue weighted by Gasteiger charge is -2.21. The van der Waals surface area contributed by atoms with Crippen molar-refractivity contribution in [1.82, 2.24) is 10.3 Å². The molecule has 26 heavy (non-hydrogen) atoms. The second-order valence-corrected chi connectivity index (χ2v) is 6.21. The van der Waals surface area contributed by atoms with E-state index in [4.69, 9.17) is 0 Å². The van der Waals surface area contributed by atoms with E-state index in [1.165, 1.54) is 12.1 Å². The highest BCUT2D eigenvalue weighted by Gasteiger charge is 2.21. The zero-order chi connectivity index (χ0) is 18.5. The van der Waals surface area contributed by atoms with Gasteiger partial charge in [-0.15, -0.1) is 0 Å². The van der Waals surface area contributed by atoms with Crippen molar-refractivity contribution in [2.24, 2.45) is 0 Å². The maximum absolute atomic E-state index is 12.7. The molecule has 1 aromatic heterocycles. The van der Waals surface area contributed by atoms with Gasteiger partial charge in [-0.1, -0.05) is 12.1 Å². The van der Waals surface area contributed by atoms with E-state index in [1.807, 2.05) is 6.92 Å². The standard InChI is InChI=1S/C19H21F2N3O2/c1-13(14-6-8-15(9-7-14)26-19(20)21)23-18(25)16-5-4-10-22-17(16)24-11-2-3-12-24/h4-10,13,19H,2-3,11-12H2,1H3,(H,23,25)/t13-/m1/s1. The lowest BCUT2D eigenvalue weighted by atomic mass is 10.1. The van der Waals surface area contributed by atoms with Crippen molar-refractivity contribution >= 4 is 11.7 Å². The van der Waals surface area contributed by atoms with Crippen molar-refractivity contribution < 1.29 is 18.3 Å². The van der Waals surface area contributed by atoms with Crippen LogP contribution in [0.4, 0.5) is 14.6 Å². The van der Waals surface area contributed by atoms with Gasteiger partial charge in [-0.05, 0) is 49.6 Å². The maximum Gasteiger partial charge on any atom is 0.387 e. The summed E-state index contributed by atoms with van der Waals surface area (Å²) in [6.45, 7) is 0.788. The molecule has 1 N–H and O–H groups in total. The number of carbonyl (C=O) groups excluding carboxylic acids is 1. The molecule has 1 aromatic carbocycles. The zero-order valence-electron chi connectivity index (χ0n) is 14.5. The molecule has 1 amide bonds. The number of ether oxygens (including phenoxy) is 1. The fraction of sp³-hybridized carbons (Fsp3) is 0.368. The first-order valence-electron chi connectivity index (χ1n) is 8.60. The van der Waals surface area contributed by atoms with Crippen LogP contribution < -0.4 is 15.0 Å². The Kier molecular flexibility index (Phi) is 5.65. The first-order chi connectivity index (χ1) is 12.5. The van der Waals surface area contributed by atoms with Gasteiger partial charge in [0, 0.05) is 19.3 Å². The molecule has 0 radical (unpaired) electrons. The quantitative estimate of drug-likeness (QED) is 0.851. The predicted octanol–water partition coefficient (Wildman–Crippen LogP) is 3.77. The third-order valence-corrected chi connectivity index (χ3v) is 4.39. The van der Waals surface area contributed by atoms with Crippen LogP contribution in [0.3, 0.4) is 0 Å². The highest BCUT2D eigenvalue weighted by molar-refractivity contribution is 5.99. The van der Waals surface area contributed by atoms with Gasteiger partial charge in [0.25, 0.3) is 5.91 Å². The molecule has 2 aromatic rings. The molecular formula is C19H21F2N3O2. The number of rotatable bonds is 6. The predicted molar refractivity (Wildman–Crippen MR) is 94.6 cm³/mol. The summed E-state index contributed by atoms with van der Waals surface area (Å²) < 4.78 is 28.8. The van der Waals surface area contributed by atoms with Crippen LogP contribution in [-0.4, -0.2) is 30.6 Å². The summed E-state index contributed by atoms with van der Waals surface area (Å²) >= 11 is 0. The maximum atomic E-state index is 12.7. The highest BCUT2D eigenvalue weighted by atomic mass is 19.3. The highest BCUT2D eigenvalue weighted by Crippen LogP contribution is 2.23. The minimum Gasteiger partial charge on any atom is -0.435 e. The average Bonchev–Trinajstić information content (AvgIpc) is 3.16. The first kappa shape index (κ1) is 18.1. The third-order valence-electron chi connectivity index (χ3n) is 4.39. The molecule has 1 saturated heterocycles.